The first-order valence-corrected chi connectivity index (χ1v) is 7.81. The van der Waals surface area contributed by atoms with E-state index in [1.54, 1.807) is 20.8 Å². The van der Waals surface area contributed by atoms with E-state index in [1.807, 2.05) is 0 Å². The summed E-state index contributed by atoms with van der Waals surface area (Å²) in [6.45, 7) is 6.17. The Labute approximate surface area is 148 Å². The standard InChI is InChI=1S/C17H20F3N3O3/c1-15(2,3)26-14(24)23-10-12(22-13(23)9-17(18,19)20)16(4,25)11-5-7-21-8-6-11/h5-8,10,25H,9H2,1-4H3. The largest absolute Gasteiger partial charge is 0.443 e. The number of aliphatic hydroxyl groups is 1. The molecule has 0 aliphatic carbocycles. The first kappa shape index (κ1) is 19.9. The highest BCUT2D eigenvalue weighted by atomic mass is 19.4. The highest BCUT2D eigenvalue weighted by molar-refractivity contribution is 5.72. The minimum Gasteiger partial charge on any atom is -0.443 e. The number of hydrogen-bond donors (Lipinski definition) is 1. The molecule has 6 nitrogen and oxygen atoms in total. The Bertz CT molecular complexity index is 778. The van der Waals surface area contributed by atoms with Crippen LogP contribution in [-0.2, 0) is 16.8 Å². The van der Waals surface area contributed by atoms with E-state index in [1.165, 1.54) is 31.5 Å². The van der Waals surface area contributed by atoms with Gasteiger partial charge in [-0.15, -0.1) is 0 Å². The maximum atomic E-state index is 12.9. The van der Waals surface area contributed by atoms with Crippen molar-refractivity contribution in [3.63, 3.8) is 0 Å². The Kier molecular flexibility index (Phi) is 5.14. The van der Waals surface area contributed by atoms with Crippen LogP contribution in [-0.4, -0.2) is 37.5 Å². The molecule has 9 heteroatoms. The summed E-state index contributed by atoms with van der Waals surface area (Å²) >= 11 is 0. The van der Waals surface area contributed by atoms with E-state index in [9.17, 15) is 23.1 Å². The minimum atomic E-state index is -4.58. The lowest BCUT2D eigenvalue weighted by Crippen LogP contribution is -2.29. The van der Waals surface area contributed by atoms with Gasteiger partial charge in [0.25, 0.3) is 0 Å². The van der Waals surface area contributed by atoms with E-state index in [0.29, 0.717) is 10.1 Å². The highest BCUT2D eigenvalue weighted by Gasteiger charge is 2.36. The molecule has 0 aromatic carbocycles. The van der Waals surface area contributed by atoms with Crippen molar-refractivity contribution in [1.29, 1.82) is 0 Å². The van der Waals surface area contributed by atoms with Crippen LogP contribution in [0.4, 0.5) is 18.0 Å². The molecule has 0 aliphatic heterocycles. The number of hydrogen-bond acceptors (Lipinski definition) is 5. The highest BCUT2D eigenvalue weighted by Crippen LogP contribution is 2.30. The Hall–Kier alpha value is -2.42. The van der Waals surface area contributed by atoms with Crippen LogP contribution in [0.5, 0.6) is 0 Å². The monoisotopic (exact) mass is 371 g/mol. The smallest absolute Gasteiger partial charge is 0.420 e. The number of pyridine rings is 1. The maximum absolute atomic E-state index is 12.9. The molecule has 0 saturated heterocycles. The van der Waals surface area contributed by atoms with Crippen LogP contribution in [0.1, 0.15) is 44.8 Å². The van der Waals surface area contributed by atoms with E-state index < -0.39 is 35.7 Å². The summed E-state index contributed by atoms with van der Waals surface area (Å²) in [6, 6.07) is 3.02. The van der Waals surface area contributed by atoms with Crippen molar-refractivity contribution < 1.29 is 27.8 Å². The quantitative estimate of drug-likeness (QED) is 0.895. The fraction of sp³-hybridized carbons (Fsp3) is 0.471. The molecule has 2 aromatic rings. The molecule has 0 fully saturated rings. The van der Waals surface area contributed by atoms with E-state index in [2.05, 4.69) is 9.97 Å². The van der Waals surface area contributed by atoms with Gasteiger partial charge in [0.1, 0.15) is 23.4 Å². The number of nitrogens with zero attached hydrogens (tertiary/aromatic N) is 3. The van der Waals surface area contributed by atoms with Gasteiger partial charge in [-0.25, -0.2) is 14.3 Å². The molecule has 2 aromatic heterocycles. The molecule has 26 heavy (non-hydrogen) atoms. The first-order valence-electron chi connectivity index (χ1n) is 7.81. The molecule has 0 amide bonds. The van der Waals surface area contributed by atoms with E-state index in [0.717, 1.165) is 6.20 Å². The van der Waals surface area contributed by atoms with Gasteiger partial charge in [0.05, 0.1) is 5.69 Å². The molecule has 2 heterocycles. The van der Waals surface area contributed by atoms with Crippen LogP contribution in [0.2, 0.25) is 0 Å². The molecule has 0 aliphatic rings. The number of rotatable bonds is 3. The Morgan fingerprint density at radius 3 is 2.27 bits per heavy atom. The van der Waals surface area contributed by atoms with Crippen LogP contribution in [0.25, 0.3) is 0 Å². The Morgan fingerprint density at radius 2 is 1.77 bits per heavy atom. The van der Waals surface area contributed by atoms with Gasteiger partial charge in [-0.3, -0.25) is 4.98 Å². The molecule has 1 unspecified atom stereocenters. The molecule has 142 valence electrons. The SMILES string of the molecule is CC(C)(C)OC(=O)n1cc(C(C)(O)c2ccncc2)nc1CC(F)(F)F. The first-order chi connectivity index (χ1) is 11.8. The molecule has 0 radical (unpaired) electrons. The average molecular weight is 371 g/mol. The second-order valence-corrected chi connectivity index (χ2v) is 6.99. The predicted molar refractivity (Wildman–Crippen MR) is 86.5 cm³/mol. The summed E-state index contributed by atoms with van der Waals surface area (Å²) < 4.78 is 44.4. The van der Waals surface area contributed by atoms with Crippen LogP contribution >= 0.6 is 0 Å². The van der Waals surface area contributed by atoms with Crippen molar-refractivity contribution in [2.45, 2.75) is 51.5 Å². The zero-order chi connectivity index (χ0) is 19.8. The summed E-state index contributed by atoms with van der Waals surface area (Å²) in [6.07, 6.45) is -3.07. The van der Waals surface area contributed by atoms with Gasteiger partial charge in [-0.05, 0) is 45.4 Å². The third-order valence-corrected chi connectivity index (χ3v) is 3.47. The van der Waals surface area contributed by atoms with Crippen LogP contribution in [0, 0.1) is 0 Å². The zero-order valence-corrected chi connectivity index (χ0v) is 14.8. The third-order valence-electron chi connectivity index (χ3n) is 3.47. The summed E-state index contributed by atoms with van der Waals surface area (Å²) in [5.41, 5.74) is -2.34. The van der Waals surface area contributed by atoms with Gasteiger partial charge in [-0.2, -0.15) is 13.2 Å². The van der Waals surface area contributed by atoms with Crippen molar-refractivity contribution in [3.8, 4) is 0 Å². The van der Waals surface area contributed by atoms with Crippen LogP contribution < -0.4 is 0 Å². The fourth-order valence-electron chi connectivity index (χ4n) is 2.25. The van der Waals surface area contributed by atoms with Crippen molar-refractivity contribution in [2.24, 2.45) is 0 Å². The minimum absolute atomic E-state index is 0.103. The molecule has 0 spiro atoms. The van der Waals surface area contributed by atoms with Gasteiger partial charge >= 0.3 is 12.3 Å². The van der Waals surface area contributed by atoms with Gasteiger partial charge < -0.3 is 9.84 Å². The molecule has 1 N–H and O–H groups in total. The number of carbonyl (C=O) groups excluding carboxylic acids is 1. The van der Waals surface area contributed by atoms with Crippen molar-refractivity contribution >= 4 is 6.09 Å². The normalized spacial score (nSPS) is 14.8. The topological polar surface area (TPSA) is 77.2 Å². The molecule has 2 rings (SSSR count). The number of ether oxygens (including phenoxy) is 1. The molecule has 0 bridgehead atoms. The van der Waals surface area contributed by atoms with E-state index in [-0.39, 0.29) is 5.69 Å². The molecule has 0 saturated carbocycles. The summed E-state index contributed by atoms with van der Waals surface area (Å²) in [5, 5.41) is 10.8. The fourth-order valence-corrected chi connectivity index (χ4v) is 2.25. The Balaban J connectivity index is 2.49. The van der Waals surface area contributed by atoms with Crippen LogP contribution in [0.3, 0.4) is 0 Å². The molecule has 1 atom stereocenters. The number of carbonyl (C=O) groups is 1. The number of halogens is 3. The van der Waals surface area contributed by atoms with Crippen molar-refractivity contribution in [3.05, 3.63) is 47.8 Å². The van der Waals surface area contributed by atoms with E-state index >= 15 is 0 Å². The second kappa shape index (κ2) is 6.71. The van der Waals surface area contributed by atoms with Crippen LogP contribution in [0.15, 0.2) is 30.7 Å². The van der Waals surface area contributed by atoms with Gasteiger partial charge in [-0.1, -0.05) is 0 Å². The number of imidazole rings is 1. The lowest BCUT2D eigenvalue weighted by Gasteiger charge is -2.21. The average Bonchev–Trinajstić information content (AvgIpc) is 2.89. The lowest BCUT2D eigenvalue weighted by molar-refractivity contribution is -0.128. The lowest BCUT2D eigenvalue weighted by atomic mass is 9.94. The number of alkyl halides is 3. The summed E-state index contributed by atoms with van der Waals surface area (Å²) in [4.78, 5) is 20.0. The number of aromatic nitrogens is 3. The molecular weight excluding hydrogens is 351 g/mol. The summed E-state index contributed by atoms with van der Waals surface area (Å²) in [7, 11) is 0. The maximum Gasteiger partial charge on any atom is 0.420 e. The summed E-state index contributed by atoms with van der Waals surface area (Å²) in [5.74, 6) is -0.559. The van der Waals surface area contributed by atoms with Crippen molar-refractivity contribution in [1.82, 2.24) is 14.5 Å². The van der Waals surface area contributed by atoms with Gasteiger partial charge in [0, 0.05) is 18.6 Å². The van der Waals surface area contributed by atoms with E-state index in [4.69, 9.17) is 4.74 Å². The second-order valence-electron chi connectivity index (χ2n) is 6.99. The van der Waals surface area contributed by atoms with Gasteiger partial charge in [0.2, 0.25) is 0 Å². The zero-order valence-electron chi connectivity index (χ0n) is 14.8. The van der Waals surface area contributed by atoms with Crippen molar-refractivity contribution in [2.75, 3.05) is 0 Å². The van der Waals surface area contributed by atoms with Gasteiger partial charge in [0.15, 0.2) is 0 Å². The Morgan fingerprint density at radius 1 is 1.19 bits per heavy atom. The predicted octanol–water partition coefficient (Wildman–Crippen LogP) is 3.42. The third kappa shape index (κ3) is 4.81. The molecular formula is C17H20F3N3O3.